The second kappa shape index (κ2) is 5.57. The predicted octanol–water partition coefficient (Wildman–Crippen LogP) is 2.46. The Balaban J connectivity index is 1.73. The van der Waals surface area contributed by atoms with Crippen molar-refractivity contribution in [2.24, 2.45) is 0 Å². The molecule has 2 aliphatic rings. The second-order valence-corrected chi connectivity index (χ2v) is 6.42. The van der Waals surface area contributed by atoms with Crippen molar-refractivity contribution in [3.8, 4) is 0 Å². The standard InChI is InChI=1S/C13H17N3O3S/c17-16(18)12-8-14-4-1-11(12)15-10-2-5-19-13(7-10)3-6-20-9-13/h1,4,8,10H,2-3,5-7,9H2,(H,14,15)/t10-,13+/m1/s1. The molecule has 0 amide bonds. The molecular formula is C13H17N3O3S. The smallest absolute Gasteiger partial charge is 0.310 e. The van der Waals surface area contributed by atoms with Gasteiger partial charge in [0.05, 0.1) is 10.5 Å². The third kappa shape index (κ3) is 2.73. The number of pyridine rings is 1. The normalized spacial score (nSPS) is 29.5. The summed E-state index contributed by atoms with van der Waals surface area (Å²) in [5.41, 5.74) is 0.564. The zero-order chi connectivity index (χ0) is 14.0. The molecule has 1 N–H and O–H groups in total. The third-order valence-electron chi connectivity index (χ3n) is 3.92. The number of anilines is 1. The molecule has 1 spiro atoms. The van der Waals surface area contributed by atoms with Gasteiger partial charge in [0.25, 0.3) is 0 Å². The number of hydrogen-bond acceptors (Lipinski definition) is 6. The van der Waals surface area contributed by atoms with Crippen LogP contribution in [0.25, 0.3) is 0 Å². The molecule has 7 heteroatoms. The van der Waals surface area contributed by atoms with E-state index in [-0.39, 0.29) is 17.3 Å². The molecule has 1 aromatic heterocycles. The largest absolute Gasteiger partial charge is 0.376 e. The van der Waals surface area contributed by atoms with Crippen molar-refractivity contribution in [1.82, 2.24) is 4.98 Å². The van der Waals surface area contributed by atoms with Gasteiger partial charge in [0.1, 0.15) is 11.9 Å². The van der Waals surface area contributed by atoms with Crippen molar-refractivity contribution in [1.29, 1.82) is 0 Å². The van der Waals surface area contributed by atoms with Gasteiger partial charge in [0.15, 0.2) is 0 Å². The summed E-state index contributed by atoms with van der Waals surface area (Å²) in [7, 11) is 0. The van der Waals surface area contributed by atoms with E-state index >= 15 is 0 Å². The number of nitrogens with zero attached hydrogens (tertiary/aromatic N) is 2. The average molecular weight is 295 g/mol. The Labute approximate surface area is 121 Å². The summed E-state index contributed by atoms with van der Waals surface area (Å²) in [6.07, 6.45) is 5.75. The minimum absolute atomic E-state index is 0.0254. The molecule has 0 aromatic carbocycles. The Morgan fingerprint density at radius 3 is 3.25 bits per heavy atom. The maximum atomic E-state index is 11.0. The molecule has 0 aliphatic carbocycles. The highest BCUT2D eigenvalue weighted by molar-refractivity contribution is 7.99. The first-order chi connectivity index (χ1) is 9.69. The highest BCUT2D eigenvalue weighted by Gasteiger charge is 2.40. The minimum Gasteiger partial charge on any atom is -0.376 e. The van der Waals surface area contributed by atoms with Gasteiger partial charge in [-0.15, -0.1) is 0 Å². The molecule has 0 unspecified atom stereocenters. The van der Waals surface area contributed by atoms with Crippen LogP contribution in [0.4, 0.5) is 11.4 Å². The first-order valence-corrected chi connectivity index (χ1v) is 7.91. The van der Waals surface area contributed by atoms with Gasteiger partial charge in [-0.05, 0) is 31.1 Å². The average Bonchev–Trinajstić information content (AvgIpc) is 2.87. The first-order valence-electron chi connectivity index (χ1n) is 6.75. The fourth-order valence-electron chi connectivity index (χ4n) is 2.89. The number of hydrogen-bond donors (Lipinski definition) is 1. The Morgan fingerprint density at radius 1 is 1.60 bits per heavy atom. The van der Waals surface area contributed by atoms with Crippen molar-refractivity contribution < 1.29 is 9.66 Å². The minimum atomic E-state index is -0.393. The number of rotatable bonds is 3. The van der Waals surface area contributed by atoms with Crippen molar-refractivity contribution in [2.45, 2.75) is 30.9 Å². The van der Waals surface area contributed by atoms with Crippen molar-refractivity contribution in [3.63, 3.8) is 0 Å². The Kier molecular flexibility index (Phi) is 3.80. The molecule has 3 rings (SSSR count). The van der Waals surface area contributed by atoms with E-state index in [4.69, 9.17) is 4.74 Å². The lowest BCUT2D eigenvalue weighted by atomic mass is 9.90. The van der Waals surface area contributed by atoms with Gasteiger partial charge in [-0.2, -0.15) is 11.8 Å². The van der Waals surface area contributed by atoms with Gasteiger partial charge in [0, 0.05) is 24.6 Å². The highest BCUT2D eigenvalue weighted by atomic mass is 32.2. The molecule has 2 fully saturated rings. The van der Waals surface area contributed by atoms with Crippen LogP contribution < -0.4 is 5.32 Å². The van der Waals surface area contributed by atoms with Gasteiger partial charge < -0.3 is 10.1 Å². The maximum Gasteiger partial charge on any atom is 0.310 e. The van der Waals surface area contributed by atoms with Gasteiger partial charge in [-0.3, -0.25) is 15.1 Å². The van der Waals surface area contributed by atoms with Crippen LogP contribution in [0, 0.1) is 10.1 Å². The summed E-state index contributed by atoms with van der Waals surface area (Å²) < 4.78 is 5.96. The summed E-state index contributed by atoms with van der Waals surface area (Å²) in [4.78, 5) is 14.4. The molecular weight excluding hydrogens is 278 g/mol. The molecule has 0 saturated carbocycles. The summed E-state index contributed by atoms with van der Waals surface area (Å²) in [6.45, 7) is 0.719. The molecule has 2 saturated heterocycles. The summed E-state index contributed by atoms with van der Waals surface area (Å²) in [6, 6.07) is 1.90. The van der Waals surface area contributed by atoms with Crippen LogP contribution in [-0.4, -0.2) is 39.7 Å². The van der Waals surface area contributed by atoms with Crippen LogP contribution in [0.3, 0.4) is 0 Å². The molecule has 6 nitrogen and oxygen atoms in total. The predicted molar refractivity (Wildman–Crippen MR) is 78.2 cm³/mol. The van der Waals surface area contributed by atoms with Gasteiger partial charge in [-0.25, -0.2) is 0 Å². The van der Waals surface area contributed by atoms with E-state index in [0.717, 1.165) is 37.4 Å². The SMILES string of the molecule is O=[N+]([O-])c1cnccc1N[C@@H]1CCO[C@@]2(CCSC2)C1. The summed E-state index contributed by atoms with van der Waals surface area (Å²) in [5.74, 6) is 2.17. The third-order valence-corrected chi connectivity index (χ3v) is 5.14. The lowest BCUT2D eigenvalue weighted by Gasteiger charge is -2.38. The van der Waals surface area contributed by atoms with Crippen molar-refractivity contribution >= 4 is 23.1 Å². The molecule has 0 bridgehead atoms. The quantitative estimate of drug-likeness (QED) is 0.682. The lowest BCUT2D eigenvalue weighted by Crippen LogP contribution is -2.44. The topological polar surface area (TPSA) is 77.3 Å². The molecule has 108 valence electrons. The van der Waals surface area contributed by atoms with Crippen LogP contribution in [-0.2, 0) is 4.74 Å². The van der Waals surface area contributed by atoms with E-state index in [0.29, 0.717) is 5.69 Å². The molecule has 0 radical (unpaired) electrons. The van der Waals surface area contributed by atoms with E-state index in [1.165, 1.54) is 6.20 Å². The fourth-order valence-corrected chi connectivity index (χ4v) is 4.27. The Bertz CT molecular complexity index is 505. The molecule has 3 heterocycles. The number of thioether (sulfide) groups is 1. The van der Waals surface area contributed by atoms with Crippen LogP contribution in [0.5, 0.6) is 0 Å². The summed E-state index contributed by atoms with van der Waals surface area (Å²) in [5, 5.41) is 14.3. The van der Waals surface area contributed by atoms with Crippen molar-refractivity contribution in [3.05, 3.63) is 28.6 Å². The van der Waals surface area contributed by atoms with Gasteiger partial charge in [0.2, 0.25) is 0 Å². The first kappa shape index (κ1) is 13.6. The van der Waals surface area contributed by atoms with Crippen LogP contribution in [0.1, 0.15) is 19.3 Å². The molecule has 1 aromatic rings. The Morgan fingerprint density at radius 2 is 2.50 bits per heavy atom. The van der Waals surface area contributed by atoms with Gasteiger partial charge in [-0.1, -0.05) is 0 Å². The zero-order valence-electron chi connectivity index (χ0n) is 11.1. The number of aromatic nitrogens is 1. The Hall–Kier alpha value is -1.34. The fraction of sp³-hybridized carbons (Fsp3) is 0.615. The zero-order valence-corrected chi connectivity index (χ0v) is 11.9. The molecule has 2 atom stereocenters. The van der Waals surface area contributed by atoms with E-state index < -0.39 is 4.92 Å². The number of nitrogens with one attached hydrogen (secondary N) is 1. The van der Waals surface area contributed by atoms with E-state index in [2.05, 4.69) is 10.3 Å². The monoisotopic (exact) mass is 295 g/mol. The van der Waals surface area contributed by atoms with Gasteiger partial charge >= 0.3 is 5.69 Å². The van der Waals surface area contributed by atoms with Crippen molar-refractivity contribution in [2.75, 3.05) is 23.4 Å². The van der Waals surface area contributed by atoms with Crippen LogP contribution in [0.2, 0.25) is 0 Å². The van der Waals surface area contributed by atoms with E-state index in [9.17, 15) is 10.1 Å². The second-order valence-electron chi connectivity index (χ2n) is 5.32. The molecule has 20 heavy (non-hydrogen) atoms. The summed E-state index contributed by atoms with van der Waals surface area (Å²) >= 11 is 1.92. The maximum absolute atomic E-state index is 11.0. The van der Waals surface area contributed by atoms with Crippen LogP contribution >= 0.6 is 11.8 Å². The lowest BCUT2D eigenvalue weighted by molar-refractivity contribution is -0.384. The van der Waals surface area contributed by atoms with E-state index in [1.807, 2.05) is 11.8 Å². The number of nitro groups is 1. The van der Waals surface area contributed by atoms with Crippen LogP contribution in [0.15, 0.2) is 18.5 Å². The molecule has 2 aliphatic heterocycles. The highest BCUT2D eigenvalue weighted by Crippen LogP contribution is 2.39. The number of ether oxygens (including phenoxy) is 1. The van der Waals surface area contributed by atoms with E-state index in [1.54, 1.807) is 12.3 Å².